The van der Waals surface area contributed by atoms with Crippen molar-refractivity contribution in [2.24, 2.45) is 0 Å². The maximum atomic E-state index is 9.10. The van der Waals surface area contributed by atoms with Gasteiger partial charge in [0.2, 0.25) is 0 Å². The van der Waals surface area contributed by atoms with Crippen molar-refractivity contribution in [3.05, 3.63) is 0 Å². The van der Waals surface area contributed by atoms with Gasteiger partial charge in [-0.3, -0.25) is 0 Å². The monoisotopic (exact) mass is 204 g/mol. The highest BCUT2D eigenvalue weighted by molar-refractivity contribution is 6.27. The largest absolute Gasteiger partial charge is 0.473 e. The summed E-state index contributed by atoms with van der Waals surface area (Å²) in [6, 6.07) is 1.32. The van der Waals surface area contributed by atoms with Crippen LogP contribution in [0.5, 0.6) is 0 Å². The zero-order chi connectivity index (χ0) is 11.1. The number of carboxylic acids is 2. The summed E-state index contributed by atoms with van der Waals surface area (Å²) >= 11 is 0. The third-order valence-corrected chi connectivity index (χ3v) is 1.73. The predicted octanol–water partition coefficient (Wildman–Crippen LogP) is -0.888. The molecule has 14 heavy (non-hydrogen) atoms. The molecule has 0 aromatic rings. The molecule has 0 aromatic heterocycles. The number of nitrogens with one attached hydrogen (secondary N) is 2. The molecule has 1 aliphatic heterocycles. The number of carboxylic acid groups (broad SMARTS) is 2. The third-order valence-electron chi connectivity index (χ3n) is 1.73. The van der Waals surface area contributed by atoms with Crippen LogP contribution >= 0.6 is 0 Å². The van der Waals surface area contributed by atoms with Crippen molar-refractivity contribution in [1.29, 1.82) is 0 Å². The van der Waals surface area contributed by atoms with E-state index in [1.807, 2.05) is 0 Å². The molecular weight excluding hydrogens is 188 g/mol. The summed E-state index contributed by atoms with van der Waals surface area (Å²) in [7, 11) is 0. The highest BCUT2D eigenvalue weighted by Gasteiger charge is 2.10. The third kappa shape index (κ3) is 6.38. The van der Waals surface area contributed by atoms with Crippen LogP contribution in [0.25, 0.3) is 0 Å². The molecule has 0 aromatic carbocycles. The van der Waals surface area contributed by atoms with Crippen molar-refractivity contribution in [2.45, 2.75) is 25.9 Å². The SMILES string of the molecule is CC1CNC(C)CN1.O=C(O)C(=O)O. The Morgan fingerprint density at radius 3 is 1.43 bits per heavy atom. The van der Waals surface area contributed by atoms with E-state index in [2.05, 4.69) is 24.5 Å². The van der Waals surface area contributed by atoms with Crippen LogP contribution in [0.1, 0.15) is 13.8 Å². The first-order chi connectivity index (χ1) is 6.43. The van der Waals surface area contributed by atoms with Crippen molar-refractivity contribution in [3.63, 3.8) is 0 Å². The summed E-state index contributed by atoms with van der Waals surface area (Å²) in [4.78, 5) is 18.2. The molecule has 0 amide bonds. The second-order valence-corrected chi connectivity index (χ2v) is 3.23. The molecule has 1 fully saturated rings. The summed E-state index contributed by atoms with van der Waals surface area (Å²) in [6.07, 6.45) is 0. The van der Waals surface area contributed by atoms with Crippen LogP contribution in [0, 0.1) is 0 Å². The number of hydrogen-bond donors (Lipinski definition) is 4. The molecule has 1 aliphatic rings. The topological polar surface area (TPSA) is 98.7 Å². The molecule has 1 saturated heterocycles. The van der Waals surface area contributed by atoms with Crippen molar-refractivity contribution < 1.29 is 19.8 Å². The van der Waals surface area contributed by atoms with Crippen LogP contribution in [-0.2, 0) is 9.59 Å². The van der Waals surface area contributed by atoms with Gasteiger partial charge in [-0.2, -0.15) is 0 Å². The van der Waals surface area contributed by atoms with E-state index in [1.54, 1.807) is 0 Å². The zero-order valence-electron chi connectivity index (χ0n) is 8.28. The highest BCUT2D eigenvalue weighted by Crippen LogP contribution is 1.89. The molecule has 2 unspecified atom stereocenters. The van der Waals surface area contributed by atoms with E-state index in [0.717, 1.165) is 13.1 Å². The number of carbonyl (C=O) groups is 2. The van der Waals surface area contributed by atoms with Crippen LogP contribution in [0.15, 0.2) is 0 Å². The Labute approximate surface area is 82.3 Å². The average Bonchev–Trinajstić information content (AvgIpc) is 2.11. The van der Waals surface area contributed by atoms with Gasteiger partial charge >= 0.3 is 11.9 Å². The molecule has 6 heteroatoms. The molecule has 4 N–H and O–H groups in total. The molecule has 0 radical (unpaired) electrons. The molecule has 6 nitrogen and oxygen atoms in total. The molecular formula is C8H16N2O4. The van der Waals surface area contributed by atoms with E-state index >= 15 is 0 Å². The van der Waals surface area contributed by atoms with Gasteiger partial charge < -0.3 is 20.8 Å². The minimum atomic E-state index is -1.82. The second kappa shape index (κ2) is 6.33. The van der Waals surface area contributed by atoms with Gasteiger partial charge in [0, 0.05) is 25.2 Å². The van der Waals surface area contributed by atoms with E-state index in [-0.39, 0.29) is 0 Å². The zero-order valence-corrected chi connectivity index (χ0v) is 8.28. The van der Waals surface area contributed by atoms with Crippen LogP contribution < -0.4 is 10.6 Å². The lowest BCUT2D eigenvalue weighted by Gasteiger charge is -2.26. The Balaban J connectivity index is 0.000000255. The van der Waals surface area contributed by atoms with Gasteiger partial charge in [-0.25, -0.2) is 9.59 Å². The molecule has 1 heterocycles. The standard InChI is InChI=1S/C6H14N2.C2H2O4/c1-5-3-8-6(2)4-7-5;3-1(4)2(5)6/h5-8H,3-4H2,1-2H3;(H,3,4)(H,5,6). The summed E-state index contributed by atoms with van der Waals surface area (Å²) < 4.78 is 0. The molecule has 2 atom stereocenters. The van der Waals surface area contributed by atoms with Crippen LogP contribution in [0.3, 0.4) is 0 Å². The minimum absolute atomic E-state index is 0.659. The lowest BCUT2D eigenvalue weighted by molar-refractivity contribution is -0.159. The predicted molar refractivity (Wildman–Crippen MR) is 50.2 cm³/mol. The Morgan fingerprint density at radius 1 is 1.00 bits per heavy atom. The lowest BCUT2D eigenvalue weighted by atomic mass is 10.2. The molecule has 0 spiro atoms. The summed E-state index contributed by atoms with van der Waals surface area (Å²) in [5.74, 6) is -3.65. The van der Waals surface area contributed by atoms with Gasteiger partial charge in [0.1, 0.15) is 0 Å². The van der Waals surface area contributed by atoms with Crippen molar-refractivity contribution in [1.82, 2.24) is 10.6 Å². The van der Waals surface area contributed by atoms with Crippen molar-refractivity contribution >= 4 is 11.9 Å². The number of rotatable bonds is 0. The Bertz CT molecular complexity index is 178. The Kier molecular flexibility index (Phi) is 5.82. The summed E-state index contributed by atoms with van der Waals surface area (Å²) in [5, 5.41) is 21.5. The van der Waals surface area contributed by atoms with Gasteiger partial charge in [-0.15, -0.1) is 0 Å². The molecule has 0 aliphatic carbocycles. The number of piperazine rings is 1. The fourth-order valence-corrected chi connectivity index (χ4v) is 0.900. The Hall–Kier alpha value is -1.14. The molecule has 0 saturated carbocycles. The molecule has 82 valence electrons. The fraction of sp³-hybridized carbons (Fsp3) is 0.750. The first-order valence-corrected chi connectivity index (χ1v) is 4.36. The molecule has 0 bridgehead atoms. The minimum Gasteiger partial charge on any atom is -0.473 e. The van der Waals surface area contributed by atoms with E-state index in [1.165, 1.54) is 0 Å². The molecule has 1 rings (SSSR count). The van der Waals surface area contributed by atoms with Crippen LogP contribution in [0.2, 0.25) is 0 Å². The van der Waals surface area contributed by atoms with Crippen molar-refractivity contribution in [2.75, 3.05) is 13.1 Å². The van der Waals surface area contributed by atoms with Gasteiger partial charge in [0.25, 0.3) is 0 Å². The lowest BCUT2D eigenvalue weighted by Crippen LogP contribution is -2.51. The average molecular weight is 204 g/mol. The quantitative estimate of drug-likeness (QED) is 0.382. The van der Waals surface area contributed by atoms with Crippen LogP contribution in [-0.4, -0.2) is 47.3 Å². The van der Waals surface area contributed by atoms with Gasteiger partial charge in [-0.05, 0) is 13.8 Å². The highest BCUT2D eigenvalue weighted by atomic mass is 16.4. The van der Waals surface area contributed by atoms with Crippen molar-refractivity contribution in [3.8, 4) is 0 Å². The Morgan fingerprint density at radius 2 is 1.29 bits per heavy atom. The van der Waals surface area contributed by atoms with E-state index in [9.17, 15) is 0 Å². The van der Waals surface area contributed by atoms with E-state index < -0.39 is 11.9 Å². The summed E-state index contributed by atoms with van der Waals surface area (Å²) in [6.45, 7) is 6.61. The van der Waals surface area contributed by atoms with Crippen LogP contribution in [0.4, 0.5) is 0 Å². The summed E-state index contributed by atoms with van der Waals surface area (Å²) in [5.41, 5.74) is 0. The number of aliphatic carboxylic acids is 2. The van der Waals surface area contributed by atoms with E-state index in [4.69, 9.17) is 19.8 Å². The van der Waals surface area contributed by atoms with Gasteiger partial charge in [0.05, 0.1) is 0 Å². The van der Waals surface area contributed by atoms with Gasteiger partial charge in [0.15, 0.2) is 0 Å². The normalized spacial score (nSPS) is 25.9. The second-order valence-electron chi connectivity index (χ2n) is 3.23. The maximum absolute atomic E-state index is 9.10. The number of hydrogen-bond acceptors (Lipinski definition) is 4. The fourth-order valence-electron chi connectivity index (χ4n) is 0.900. The van der Waals surface area contributed by atoms with Gasteiger partial charge in [-0.1, -0.05) is 0 Å². The smallest absolute Gasteiger partial charge is 0.414 e. The maximum Gasteiger partial charge on any atom is 0.414 e. The van der Waals surface area contributed by atoms with E-state index in [0.29, 0.717) is 12.1 Å². The first kappa shape index (κ1) is 12.9. The first-order valence-electron chi connectivity index (χ1n) is 4.36.